The van der Waals surface area contributed by atoms with E-state index in [9.17, 15) is 4.79 Å². The van der Waals surface area contributed by atoms with Gasteiger partial charge < -0.3 is 16.0 Å². The molecule has 0 aliphatic carbocycles. The maximum absolute atomic E-state index is 11.4. The highest BCUT2D eigenvalue weighted by Crippen LogP contribution is 2.16. The van der Waals surface area contributed by atoms with Crippen LogP contribution in [0.2, 0.25) is 0 Å². The molecule has 1 aliphatic heterocycles. The zero-order valence-electron chi connectivity index (χ0n) is 15.4. The lowest BCUT2D eigenvalue weighted by Gasteiger charge is -2.32. The largest absolute Gasteiger partial charge is 0.358 e. The van der Waals surface area contributed by atoms with Gasteiger partial charge in [0.25, 0.3) is 0 Å². The molecule has 3 N–H and O–H groups in total. The van der Waals surface area contributed by atoms with Gasteiger partial charge in [0.2, 0.25) is 5.91 Å². The van der Waals surface area contributed by atoms with Crippen LogP contribution in [0.4, 0.5) is 0 Å². The Kier molecular flexibility index (Phi) is 9.65. The Labute approximate surface area is 171 Å². The molecule has 142 valence electrons. The van der Waals surface area contributed by atoms with Crippen LogP contribution in [0.25, 0.3) is 0 Å². The lowest BCUT2D eigenvalue weighted by molar-refractivity contribution is -0.122. The molecule has 0 spiro atoms. The smallest absolute Gasteiger partial charge is 0.233 e. The topological polar surface area (TPSA) is 81.7 Å². The number of rotatable bonds is 5. The molecular formula is C16H29IN6OS. The fraction of sp³-hybridized carbons (Fsp3) is 0.688. The molecule has 2 rings (SSSR count). The molecule has 1 aromatic heterocycles. The number of aliphatic imine (C=N–C) groups is 1. The first kappa shape index (κ1) is 22.1. The van der Waals surface area contributed by atoms with Gasteiger partial charge in [0.15, 0.2) is 5.96 Å². The van der Waals surface area contributed by atoms with Crippen molar-refractivity contribution in [2.75, 3.05) is 33.7 Å². The average Bonchev–Trinajstić information content (AvgIpc) is 2.91. The van der Waals surface area contributed by atoms with E-state index in [-0.39, 0.29) is 29.9 Å². The van der Waals surface area contributed by atoms with Gasteiger partial charge in [0.1, 0.15) is 5.01 Å². The standard InChI is InChI=1S/C16H28N6OS.HI/c1-11-12(2)24-15(20-11)9-19-16(18-4)21-13-5-7-22(8-6-13)10-14(23)17-3;/h13H,5-10H2,1-4H3,(H,17,23)(H2,18,19,21);1H. The molecule has 0 saturated carbocycles. The molecule has 0 aromatic carbocycles. The summed E-state index contributed by atoms with van der Waals surface area (Å²) in [6.07, 6.45) is 2.01. The lowest BCUT2D eigenvalue weighted by atomic mass is 10.1. The highest BCUT2D eigenvalue weighted by atomic mass is 127. The number of likely N-dealkylation sites (N-methyl/N-ethyl adjacent to an activating group) is 1. The van der Waals surface area contributed by atoms with E-state index < -0.39 is 0 Å². The van der Waals surface area contributed by atoms with E-state index in [1.165, 1.54) is 4.88 Å². The summed E-state index contributed by atoms with van der Waals surface area (Å²) in [5.74, 6) is 0.887. The van der Waals surface area contributed by atoms with Gasteiger partial charge in [0.05, 0.1) is 18.8 Å². The molecule has 25 heavy (non-hydrogen) atoms. The number of nitrogens with zero attached hydrogens (tertiary/aromatic N) is 3. The van der Waals surface area contributed by atoms with Gasteiger partial charge in [-0.25, -0.2) is 4.98 Å². The molecular weight excluding hydrogens is 451 g/mol. The van der Waals surface area contributed by atoms with Crippen LogP contribution in [0.15, 0.2) is 4.99 Å². The van der Waals surface area contributed by atoms with Gasteiger partial charge in [-0.15, -0.1) is 35.3 Å². The summed E-state index contributed by atoms with van der Waals surface area (Å²) in [4.78, 5) is 23.7. The monoisotopic (exact) mass is 480 g/mol. The molecule has 2 heterocycles. The van der Waals surface area contributed by atoms with Gasteiger partial charge >= 0.3 is 0 Å². The Morgan fingerprint density at radius 2 is 2.04 bits per heavy atom. The molecule has 0 unspecified atom stereocenters. The van der Waals surface area contributed by atoms with E-state index in [0.29, 0.717) is 19.1 Å². The number of carbonyl (C=O) groups is 1. The second-order valence-corrected chi connectivity index (χ2v) is 7.33. The average molecular weight is 480 g/mol. The molecule has 0 atom stereocenters. The van der Waals surface area contributed by atoms with Gasteiger partial charge in [-0.05, 0) is 26.7 Å². The fourth-order valence-corrected chi connectivity index (χ4v) is 3.55. The minimum Gasteiger partial charge on any atom is -0.358 e. The summed E-state index contributed by atoms with van der Waals surface area (Å²) in [5.41, 5.74) is 1.10. The lowest BCUT2D eigenvalue weighted by Crippen LogP contribution is -2.49. The van der Waals surface area contributed by atoms with Gasteiger partial charge in [-0.1, -0.05) is 0 Å². The summed E-state index contributed by atoms with van der Waals surface area (Å²) in [7, 11) is 3.46. The Hall–Kier alpha value is -0.940. The maximum atomic E-state index is 11.4. The minimum atomic E-state index is 0. The number of carbonyl (C=O) groups excluding carboxylic acids is 1. The van der Waals surface area contributed by atoms with Crippen LogP contribution >= 0.6 is 35.3 Å². The van der Waals surface area contributed by atoms with E-state index in [4.69, 9.17) is 0 Å². The van der Waals surface area contributed by atoms with Crippen LogP contribution in [0.3, 0.4) is 0 Å². The first-order chi connectivity index (χ1) is 11.5. The van der Waals surface area contributed by atoms with Crippen LogP contribution in [0.1, 0.15) is 28.4 Å². The predicted octanol–water partition coefficient (Wildman–Crippen LogP) is 1.25. The number of nitrogens with one attached hydrogen (secondary N) is 3. The molecule has 7 nitrogen and oxygen atoms in total. The Morgan fingerprint density at radius 1 is 1.36 bits per heavy atom. The number of thiazole rings is 1. The van der Waals surface area contributed by atoms with Crippen molar-refractivity contribution in [2.24, 2.45) is 4.99 Å². The number of guanidine groups is 1. The fourth-order valence-electron chi connectivity index (χ4n) is 2.68. The number of halogens is 1. The van der Waals surface area contributed by atoms with Crippen LogP contribution < -0.4 is 16.0 Å². The van der Waals surface area contributed by atoms with Crippen molar-refractivity contribution in [3.63, 3.8) is 0 Å². The molecule has 9 heteroatoms. The number of hydrogen-bond acceptors (Lipinski definition) is 5. The number of piperidine rings is 1. The predicted molar refractivity (Wildman–Crippen MR) is 114 cm³/mol. The van der Waals surface area contributed by atoms with Gasteiger partial charge in [-0.2, -0.15) is 0 Å². The highest BCUT2D eigenvalue weighted by molar-refractivity contribution is 14.0. The second-order valence-electron chi connectivity index (χ2n) is 6.04. The highest BCUT2D eigenvalue weighted by Gasteiger charge is 2.21. The first-order valence-corrected chi connectivity index (χ1v) is 9.16. The summed E-state index contributed by atoms with van der Waals surface area (Å²) in [6, 6.07) is 0.386. The van der Waals surface area contributed by atoms with E-state index in [0.717, 1.165) is 42.6 Å². The summed E-state index contributed by atoms with van der Waals surface area (Å²) in [5, 5.41) is 10.6. The molecule has 1 saturated heterocycles. The van der Waals surface area contributed by atoms with Crippen LogP contribution in [0.5, 0.6) is 0 Å². The third-order valence-corrected chi connectivity index (χ3v) is 5.35. The third-order valence-electron chi connectivity index (χ3n) is 4.28. The number of aromatic nitrogens is 1. The van der Waals surface area contributed by atoms with Crippen molar-refractivity contribution < 1.29 is 4.79 Å². The van der Waals surface area contributed by atoms with E-state index in [1.807, 2.05) is 6.92 Å². The quantitative estimate of drug-likeness (QED) is 0.336. The van der Waals surface area contributed by atoms with E-state index in [1.54, 1.807) is 25.4 Å². The number of aryl methyl sites for hydroxylation is 2. The van der Waals surface area contributed by atoms with Gasteiger partial charge in [-0.3, -0.25) is 14.7 Å². The Morgan fingerprint density at radius 3 is 2.56 bits per heavy atom. The van der Waals surface area contributed by atoms with Crippen molar-refractivity contribution >= 4 is 47.2 Å². The van der Waals surface area contributed by atoms with Crippen LogP contribution in [-0.4, -0.2) is 61.5 Å². The summed E-state index contributed by atoms with van der Waals surface area (Å²) >= 11 is 1.72. The Bertz CT molecular complexity index is 564. The number of likely N-dealkylation sites (tertiary alicyclic amines) is 1. The Balaban J connectivity index is 0.00000312. The molecule has 0 radical (unpaired) electrons. The zero-order valence-corrected chi connectivity index (χ0v) is 18.5. The molecule has 1 amide bonds. The number of hydrogen-bond donors (Lipinski definition) is 3. The molecule has 1 aliphatic rings. The van der Waals surface area contributed by atoms with Crippen LogP contribution in [0, 0.1) is 13.8 Å². The van der Waals surface area contributed by atoms with Crippen LogP contribution in [-0.2, 0) is 11.3 Å². The molecule has 1 fully saturated rings. The van der Waals surface area contributed by atoms with Crippen molar-refractivity contribution in [1.29, 1.82) is 0 Å². The molecule has 0 bridgehead atoms. The normalized spacial score (nSPS) is 16.2. The van der Waals surface area contributed by atoms with Crippen molar-refractivity contribution in [3.8, 4) is 0 Å². The summed E-state index contributed by atoms with van der Waals surface area (Å²) < 4.78 is 0. The van der Waals surface area contributed by atoms with Crippen molar-refractivity contribution in [1.82, 2.24) is 25.8 Å². The molecule has 1 aromatic rings. The zero-order chi connectivity index (χ0) is 17.5. The minimum absolute atomic E-state index is 0. The third kappa shape index (κ3) is 7.06. The van der Waals surface area contributed by atoms with Crippen molar-refractivity contribution in [3.05, 3.63) is 15.6 Å². The second kappa shape index (κ2) is 10.9. The summed E-state index contributed by atoms with van der Waals surface area (Å²) in [6.45, 7) is 7.15. The van der Waals surface area contributed by atoms with E-state index in [2.05, 4.69) is 37.8 Å². The SMILES string of the molecule is CN=C(NCc1nc(C)c(C)s1)NC1CCN(CC(=O)NC)CC1.I. The van der Waals surface area contributed by atoms with Crippen molar-refractivity contribution in [2.45, 2.75) is 39.3 Å². The first-order valence-electron chi connectivity index (χ1n) is 8.34. The maximum Gasteiger partial charge on any atom is 0.233 e. The van der Waals surface area contributed by atoms with Gasteiger partial charge in [0, 0.05) is 38.1 Å². The number of amides is 1. The van der Waals surface area contributed by atoms with E-state index >= 15 is 0 Å².